The summed E-state index contributed by atoms with van der Waals surface area (Å²) in [5.41, 5.74) is 1.16. The molecule has 0 aliphatic carbocycles. The molecule has 1 aliphatic heterocycles. The van der Waals surface area contributed by atoms with Crippen molar-refractivity contribution in [3.05, 3.63) is 35.4 Å². The van der Waals surface area contributed by atoms with Gasteiger partial charge in [0.2, 0.25) is 0 Å². The summed E-state index contributed by atoms with van der Waals surface area (Å²) in [6.45, 7) is 9.07. The monoisotopic (exact) mass is 393 g/mol. The Balaban J connectivity index is 1.98. The van der Waals surface area contributed by atoms with Gasteiger partial charge in [-0.1, -0.05) is 18.2 Å². The van der Waals surface area contributed by atoms with Crippen LogP contribution in [0.1, 0.15) is 56.3 Å². The molecule has 0 radical (unpaired) electrons. The lowest BCUT2D eigenvalue weighted by Crippen LogP contribution is -2.35. The van der Waals surface area contributed by atoms with E-state index in [9.17, 15) is 9.90 Å². The van der Waals surface area contributed by atoms with Gasteiger partial charge in [-0.25, -0.2) is 4.67 Å². The molecule has 27 heavy (non-hydrogen) atoms. The van der Waals surface area contributed by atoms with Crippen molar-refractivity contribution in [3.8, 4) is 6.07 Å². The van der Waals surface area contributed by atoms with Crippen molar-refractivity contribution in [1.82, 2.24) is 9.57 Å². The summed E-state index contributed by atoms with van der Waals surface area (Å²) in [7, 11) is -1.36. The van der Waals surface area contributed by atoms with Crippen LogP contribution < -0.4 is 0 Å². The van der Waals surface area contributed by atoms with Gasteiger partial charge in [0, 0.05) is 29.8 Å². The molecular weight excluding hydrogens is 365 g/mol. The lowest BCUT2D eigenvalue weighted by atomic mass is 10.1. The molecule has 0 fully saturated rings. The number of rotatable bonds is 10. The largest absolute Gasteiger partial charge is 0.369 e. The van der Waals surface area contributed by atoms with Crippen LogP contribution in [0, 0.1) is 11.3 Å². The van der Waals surface area contributed by atoms with Gasteiger partial charge in [-0.05, 0) is 33.8 Å². The molecule has 1 aromatic carbocycles. The van der Waals surface area contributed by atoms with E-state index in [0.717, 1.165) is 0 Å². The third kappa shape index (κ3) is 5.25. The second-order valence-electron chi connectivity index (χ2n) is 6.84. The van der Waals surface area contributed by atoms with Crippen LogP contribution in [0.5, 0.6) is 0 Å². The van der Waals surface area contributed by atoms with Crippen LogP contribution in [0.25, 0.3) is 0 Å². The third-order valence-corrected chi connectivity index (χ3v) is 6.33. The summed E-state index contributed by atoms with van der Waals surface area (Å²) in [6.07, 6.45) is -0.653. The van der Waals surface area contributed by atoms with E-state index in [0.29, 0.717) is 24.2 Å². The fourth-order valence-corrected chi connectivity index (χ4v) is 4.69. The van der Waals surface area contributed by atoms with Gasteiger partial charge in [0.25, 0.3) is 14.4 Å². The van der Waals surface area contributed by atoms with E-state index in [2.05, 4.69) is 38.4 Å². The van der Waals surface area contributed by atoms with Gasteiger partial charge >= 0.3 is 0 Å². The van der Waals surface area contributed by atoms with Crippen molar-refractivity contribution in [2.24, 2.45) is 0 Å². The molecule has 1 amide bonds. The topological polar surface area (TPSA) is 86.0 Å². The molecule has 8 heteroatoms. The molecule has 7 nitrogen and oxygen atoms in total. The average Bonchev–Trinajstić information content (AvgIpc) is 2.86. The highest BCUT2D eigenvalue weighted by Crippen LogP contribution is 2.46. The van der Waals surface area contributed by atoms with Crippen LogP contribution in [-0.2, 0) is 9.05 Å². The number of hydrogen-bond acceptors (Lipinski definition) is 6. The van der Waals surface area contributed by atoms with Crippen molar-refractivity contribution in [1.29, 1.82) is 5.26 Å². The predicted molar refractivity (Wildman–Crippen MR) is 104 cm³/mol. The molecule has 2 unspecified atom stereocenters. The maximum atomic E-state index is 12.5. The minimum absolute atomic E-state index is 0.194. The zero-order valence-corrected chi connectivity index (χ0v) is 17.2. The minimum atomic E-state index is -1.36. The van der Waals surface area contributed by atoms with Crippen LogP contribution in [0.4, 0.5) is 0 Å². The van der Waals surface area contributed by atoms with E-state index in [1.54, 1.807) is 24.3 Å². The molecule has 148 valence electrons. The van der Waals surface area contributed by atoms with Gasteiger partial charge in [-0.3, -0.25) is 4.79 Å². The maximum absolute atomic E-state index is 12.5. The van der Waals surface area contributed by atoms with Crippen molar-refractivity contribution >= 4 is 14.4 Å². The first kappa shape index (κ1) is 21.7. The van der Waals surface area contributed by atoms with E-state index >= 15 is 0 Å². The maximum Gasteiger partial charge on any atom is 0.259 e. The van der Waals surface area contributed by atoms with Crippen LogP contribution in [-0.4, -0.2) is 52.4 Å². The van der Waals surface area contributed by atoms with E-state index in [-0.39, 0.29) is 31.1 Å². The highest BCUT2D eigenvalue weighted by atomic mass is 31.2. The molecule has 1 aliphatic rings. The molecule has 2 atom stereocenters. The van der Waals surface area contributed by atoms with Crippen molar-refractivity contribution in [3.63, 3.8) is 0 Å². The second-order valence-corrected chi connectivity index (χ2v) is 8.29. The van der Waals surface area contributed by atoms with Crippen LogP contribution in [0.2, 0.25) is 0 Å². The third-order valence-electron chi connectivity index (χ3n) is 4.22. The SMILES string of the molecule is CC(C)N(C(C)C)P(OCCC#N)OCCN1C(=O)c2ccccc2C1O. The van der Waals surface area contributed by atoms with Gasteiger partial charge < -0.3 is 19.1 Å². The fraction of sp³-hybridized carbons (Fsp3) is 0.579. The minimum Gasteiger partial charge on any atom is -0.369 e. The van der Waals surface area contributed by atoms with Crippen LogP contribution in [0.15, 0.2) is 24.3 Å². The Morgan fingerprint density at radius 2 is 1.85 bits per heavy atom. The Labute approximate surface area is 162 Å². The Bertz CT molecular complexity index is 669. The second kappa shape index (κ2) is 10.1. The Morgan fingerprint density at radius 1 is 1.22 bits per heavy atom. The Morgan fingerprint density at radius 3 is 2.44 bits per heavy atom. The van der Waals surface area contributed by atoms with Gasteiger partial charge in [0.1, 0.15) is 0 Å². The number of hydrogen-bond donors (Lipinski definition) is 1. The fourth-order valence-electron chi connectivity index (χ4n) is 3.11. The summed E-state index contributed by atoms with van der Waals surface area (Å²) in [5.74, 6) is -0.194. The van der Waals surface area contributed by atoms with E-state index in [4.69, 9.17) is 14.3 Å². The molecule has 0 spiro atoms. The van der Waals surface area contributed by atoms with E-state index in [1.807, 2.05) is 0 Å². The molecule has 0 saturated heterocycles. The van der Waals surface area contributed by atoms with Crippen molar-refractivity contribution in [2.45, 2.75) is 52.4 Å². The number of fused-ring (bicyclic) bond motifs is 1. The molecule has 1 N–H and O–H groups in total. The zero-order chi connectivity index (χ0) is 20.0. The summed E-state index contributed by atoms with van der Waals surface area (Å²) >= 11 is 0. The van der Waals surface area contributed by atoms with E-state index in [1.165, 1.54) is 4.90 Å². The lowest BCUT2D eigenvalue weighted by Gasteiger charge is -2.35. The summed E-state index contributed by atoms with van der Waals surface area (Å²) in [4.78, 5) is 13.9. The summed E-state index contributed by atoms with van der Waals surface area (Å²) in [5, 5.41) is 19.2. The molecule has 2 rings (SSSR count). The molecular formula is C19H28N3O4P. The average molecular weight is 393 g/mol. The van der Waals surface area contributed by atoms with Crippen LogP contribution in [0.3, 0.4) is 0 Å². The standard InChI is InChI=1S/C19H28N3O4P/c1-14(2)22(15(3)4)27(25-12-7-10-20)26-13-11-21-18(23)16-8-5-6-9-17(16)19(21)24/h5-6,8-9,14-15,18,23H,7,11-13H2,1-4H3. The van der Waals surface area contributed by atoms with Gasteiger partial charge in [-0.15, -0.1) is 0 Å². The predicted octanol–water partition coefficient (Wildman–Crippen LogP) is 3.43. The number of amides is 1. The number of nitriles is 1. The summed E-state index contributed by atoms with van der Waals surface area (Å²) in [6, 6.07) is 9.56. The van der Waals surface area contributed by atoms with Crippen LogP contribution >= 0.6 is 8.53 Å². The Kier molecular flexibility index (Phi) is 8.15. The number of aliphatic hydroxyl groups excluding tert-OH is 1. The highest BCUT2D eigenvalue weighted by molar-refractivity contribution is 7.44. The first-order valence-corrected chi connectivity index (χ1v) is 10.3. The van der Waals surface area contributed by atoms with E-state index < -0.39 is 14.8 Å². The zero-order valence-electron chi connectivity index (χ0n) is 16.3. The lowest BCUT2D eigenvalue weighted by molar-refractivity contribution is 0.0112. The van der Waals surface area contributed by atoms with Gasteiger partial charge in [-0.2, -0.15) is 5.26 Å². The first-order chi connectivity index (χ1) is 12.9. The Hall–Kier alpha value is -1.55. The normalized spacial score (nSPS) is 17.7. The highest BCUT2D eigenvalue weighted by Gasteiger charge is 2.35. The smallest absolute Gasteiger partial charge is 0.259 e. The molecule has 0 bridgehead atoms. The molecule has 0 aromatic heterocycles. The van der Waals surface area contributed by atoms with Gasteiger partial charge in [0.05, 0.1) is 25.7 Å². The number of aliphatic hydroxyl groups is 1. The molecule has 1 heterocycles. The van der Waals surface area contributed by atoms with Crippen molar-refractivity contribution < 1.29 is 18.9 Å². The number of carbonyl (C=O) groups is 1. The van der Waals surface area contributed by atoms with Crippen molar-refractivity contribution in [2.75, 3.05) is 19.8 Å². The molecule has 0 saturated carbocycles. The molecule has 1 aromatic rings. The summed E-state index contributed by atoms with van der Waals surface area (Å²) < 4.78 is 13.9. The number of benzene rings is 1. The number of nitrogens with zero attached hydrogens (tertiary/aromatic N) is 3. The first-order valence-electron chi connectivity index (χ1n) is 9.17. The number of carbonyl (C=O) groups excluding carboxylic acids is 1. The quantitative estimate of drug-likeness (QED) is 0.484. The van der Waals surface area contributed by atoms with Gasteiger partial charge in [0.15, 0.2) is 6.23 Å².